The fourth-order valence-corrected chi connectivity index (χ4v) is 4.14. The molecule has 1 unspecified atom stereocenters. The molecule has 3 rings (SSSR count). The molecule has 0 spiro atoms. The third kappa shape index (κ3) is 3.74. The molecule has 28 heavy (non-hydrogen) atoms. The lowest BCUT2D eigenvalue weighted by Crippen LogP contribution is -2.34. The van der Waals surface area contributed by atoms with Crippen LogP contribution in [0.25, 0.3) is 0 Å². The SMILES string of the molecule is Cc1ccc(C2C(C(=O)c3sc(C)nc3C)=C(O)C(=O)N2CCOC(C)C)o1. The Kier molecular flexibility index (Phi) is 5.71. The van der Waals surface area contributed by atoms with Gasteiger partial charge in [-0.15, -0.1) is 11.3 Å². The number of carbonyl (C=O) groups is 2. The number of ketones is 1. The first-order chi connectivity index (χ1) is 13.2. The van der Waals surface area contributed by atoms with Crippen LogP contribution in [-0.4, -0.2) is 45.9 Å². The summed E-state index contributed by atoms with van der Waals surface area (Å²) in [6, 6.07) is 2.69. The summed E-state index contributed by atoms with van der Waals surface area (Å²) in [4.78, 5) is 32.1. The number of amides is 1. The molecular formula is C20H24N2O5S. The highest BCUT2D eigenvalue weighted by atomic mass is 32.1. The van der Waals surface area contributed by atoms with Gasteiger partial charge >= 0.3 is 0 Å². The summed E-state index contributed by atoms with van der Waals surface area (Å²) in [5.41, 5.74) is 0.604. The third-order valence-corrected chi connectivity index (χ3v) is 5.54. The highest BCUT2D eigenvalue weighted by Gasteiger charge is 2.45. The average molecular weight is 404 g/mol. The number of aliphatic hydroxyl groups excluding tert-OH is 1. The van der Waals surface area contributed by atoms with Gasteiger partial charge in [0.2, 0.25) is 5.78 Å². The van der Waals surface area contributed by atoms with Gasteiger partial charge in [-0.1, -0.05) is 0 Å². The average Bonchev–Trinajstić information content (AvgIpc) is 3.26. The summed E-state index contributed by atoms with van der Waals surface area (Å²) in [5, 5.41) is 11.3. The van der Waals surface area contributed by atoms with Crippen molar-refractivity contribution in [3.63, 3.8) is 0 Å². The van der Waals surface area contributed by atoms with E-state index in [1.807, 2.05) is 20.8 Å². The number of hydrogen-bond donors (Lipinski definition) is 1. The van der Waals surface area contributed by atoms with Crippen LogP contribution in [0, 0.1) is 20.8 Å². The Hall–Kier alpha value is -2.45. The van der Waals surface area contributed by atoms with Crippen molar-refractivity contribution in [2.24, 2.45) is 0 Å². The van der Waals surface area contributed by atoms with Crippen molar-refractivity contribution in [1.82, 2.24) is 9.88 Å². The second-order valence-corrected chi connectivity index (χ2v) is 8.21. The van der Waals surface area contributed by atoms with Crippen LogP contribution >= 0.6 is 11.3 Å². The van der Waals surface area contributed by atoms with Gasteiger partial charge in [0.05, 0.1) is 33.9 Å². The van der Waals surface area contributed by atoms with Crippen LogP contribution in [0.2, 0.25) is 0 Å². The number of furan rings is 1. The van der Waals surface area contributed by atoms with E-state index in [2.05, 4.69) is 4.98 Å². The summed E-state index contributed by atoms with van der Waals surface area (Å²) >= 11 is 1.25. The number of carbonyl (C=O) groups excluding carboxylic acids is 2. The van der Waals surface area contributed by atoms with Crippen molar-refractivity contribution in [1.29, 1.82) is 0 Å². The molecule has 1 atom stereocenters. The standard InChI is InChI=1S/C20H24N2O5S/c1-10(2)26-9-8-22-16(14-7-6-11(3)27-14)15(18(24)20(22)25)17(23)19-12(4)21-13(5)28-19/h6-7,10,16,24H,8-9H2,1-5H3. The first-order valence-electron chi connectivity index (χ1n) is 9.11. The molecule has 1 aliphatic rings. The molecule has 0 aromatic carbocycles. The van der Waals surface area contributed by atoms with Crippen molar-refractivity contribution in [2.45, 2.75) is 46.8 Å². The highest BCUT2D eigenvalue weighted by molar-refractivity contribution is 7.14. The largest absolute Gasteiger partial charge is 0.503 e. The highest BCUT2D eigenvalue weighted by Crippen LogP contribution is 2.40. The maximum Gasteiger partial charge on any atom is 0.290 e. The Morgan fingerprint density at radius 2 is 2.07 bits per heavy atom. The predicted octanol–water partition coefficient (Wildman–Crippen LogP) is 3.66. The normalized spacial score (nSPS) is 17.3. The predicted molar refractivity (Wildman–Crippen MR) is 105 cm³/mol. The lowest BCUT2D eigenvalue weighted by atomic mass is 9.99. The number of thiazole rings is 1. The number of hydrogen-bond acceptors (Lipinski definition) is 7. The molecule has 2 aromatic rings. The Balaban J connectivity index is 2.01. The molecule has 2 aromatic heterocycles. The van der Waals surface area contributed by atoms with Gasteiger partial charge in [-0.3, -0.25) is 9.59 Å². The topological polar surface area (TPSA) is 92.9 Å². The molecule has 0 aliphatic carbocycles. The van der Waals surface area contributed by atoms with Crippen LogP contribution < -0.4 is 0 Å². The smallest absolute Gasteiger partial charge is 0.290 e. The van der Waals surface area contributed by atoms with Gasteiger partial charge in [0, 0.05) is 6.54 Å². The molecule has 0 saturated carbocycles. The summed E-state index contributed by atoms with van der Waals surface area (Å²) in [5.74, 6) is -0.460. The maximum atomic E-state index is 13.3. The number of ether oxygens (including phenoxy) is 1. The van der Waals surface area contributed by atoms with Crippen LogP contribution in [0.3, 0.4) is 0 Å². The Labute approximate surface area is 167 Å². The number of rotatable bonds is 7. The van der Waals surface area contributed by atoms with Gasteiger partial charge in [0.25, 0.3) is 5.91 Å². The number of nitrogens with zero attached hydrogens (tertiary/aromatic N) is 2. The summed E-state index contributed by atoms with van der Waals surface area (Å²) in [6.07, 6.45) is 0.00693. The minimum atomic E-state index is -0.800. The molecule has 7 nitrogen and oxygen atoms in total. The lowest BCUT2D eigenvalue weighted by molar-refractivity contribution is -0.130. The molecule has 150 valence electrons. The van der Waals surface area contributed by atoms with Crippen LogP contribution in [0.5, 0.6) is 0 Å². The van der Waals surface area contributed by atoms with Crippen molar-refractivity contribution in [2.75, 3.05) is 13.2 Å². The number of aliphatic hydroxyl groups is 1. The molecular weight excluding hydrogens is 380 g/mol. The molecule has 8 heteroatoms. The molecule has 1 N–H and O–H groups in total. The lowest BCUT2D eigenvalue weighted by Gasteiger charge is -2.25. The third-order valence-electron chi connectivity index (χ3n) is 4.47. The Morgan fingerprint density at radius 3 is 2.61 bits per heavy atom. The van der Waals surface area contributed by atoms with E-state index in [0.29, 0.717) is 22.1 Å². The first kappa shape index (κ1) is 20.3. The minimum absolute atomic E-state index is 0.00693. The van der Waals surface area contributed by atoms with Gasteiger partial charge in [0.15, 0.2) is 5.76 Å². The van der Waals surface area contributed by atoms with E-state index in [9.17, 15) is 14.7 Å². The van der Waals surface area contributed by atoms with E-state index in [1.54, 1.807) is 26.0 Å². The van der Waals surface area contributed by atoms with Crippen LogP contribution in [0.15, 0.2) is 27.9 Å². The van der Waals surface area contributed by atoms with Crippen LogP contribution in [-0.2, 0) is 9.53 Å². The molecule has 3 heterocycles. The van der Waals surface area contributed by atoms with Crippen molar-refractivity contribution in [3.05, 3.63) is 50.6 Å². The zero-order valence-corrected chi connectivity index (χ0v) is 17.4. The monoisotopic (exact) mass is 404 g/mol. The van der Waals surface area contributed by atoms with Crippen molar-refractivity contribution >= 4 is 23.0 Å². The molecule has 0 bridgehead atoms. The molecule has 1 amide bonds. The van der Waals surface area contributed by atoms with Gasteiger partial charge < -0.3 is 19.2 Å². The van der Waals surface area contributed by atoms with E-state index in [1.165, 1.54) is 16.2 Å². The molecule has 1 aliphatic heterocycles. The van der Waals surface area contributed by atoms with E-state index in [0.717, 1.165) is 5.01 Å². The van der Waals surface area contributed by atoms with Crippen molar-refractivity contribution < 1.29 is 23.8 Å². The summed E-state index contributed by atoms with van der Waals surface area (Å²) < 4.78 is 11.3. The molecule has 0 fully saturated rings. The quantitative estimate of drug-likeness (QED) is 0.708. The summed E-state index contributed by atoms with van der Waals surface area (Å²) in [6.45, 7) is 9.65. The second-order valence-electron chi connectivity index (χ2n) is 7.01. The fourth-order valence-electron chi connectivity index (χ4n) is 3.26. The maximum absolute atomic E-state index is 13.3. The van der Waals surface area contributed by atoms with E-state index < -0.39 is 23.5 Å². The van der Waals surface area contributed by atoms with Crippen molar-refractivity contribution in [3.8, 4) is 0 Å². The van der Waals surface area contributed by atoms with Crippen LogP contribution in [0.1, 0.15) is 51.8 Å². The van der Waals surface area contributed by atoms with Crippen LogP contribution in [0.4, 0.5) is 0 Å². The zero-order valence-electron chi connectivity index (χ0n) is 16.6. The minimum Gasteiger partial charge on any atom is -0.503 e. The fraction of sp³-hybridized carbons (Fsp3) is 0.450. The van der Waals surface area contributed by atoms with E-state index in [4.69, 9.17) is 9.15 Å². The molecule has 0 radical (unpaired) electrons. The van der Waals surface area contributed by atoms with Gasteiger partial charge in [-0.05, 0) is 46.8 Å². The second kappa shape index (κ2) is 7.89. The first-order valence-corrected chi connectivity index (χ1v) is 9.93. The zero-order chi connectivity index (χ0) is 20.6. The van der Waals surface area contributed by atoms with Gasteiger partial charge in [0.1, 0.15) is 17.6 Å². The van der Waals surface area contributed by atoms with Gasteiger partial charge in [-0.25, -0.2) is 4.98 Å². The van der Waals surface area contributed by atoms with E-state index >= 15 is 0 Å². The number of aromatic nitrogens is 1. The van der Waals surface area contributed by atoms with Gasteiger partial charge in [-0.2, -0.15) is 0 Å². The number of aryl methyl sites for hydroxylation is 3. The summed E-state index contributed by atoms with van der Waals surface area (Å²) in [7, 11) is 0. The Bertz CT molecular complexity index is 940. The number of Topliss-reactive ketones (excluding diaryl/α,β-unsaturated/α-hetero) is 1. The Morgan fingerprint density at radius 1 is 1.36 bits per heavy atom. The molecule has 0 saturated heterocycles. The van der Waals surface area contributed by atoms with E-state index in [-0.39, 0.29) is 24.8 Å².